The summed E-state index contributed by atoms with van der Waals surface area (Å²) >= 11 is 0. The lowest BCUT2D eigenvalue weighted by Crippen LogP contribution is -2.14. The number of rotatable bonds is 17. The Balaban J connectivity index is 1.28. The molecule has 1 aliphatic carbocycles. The Bertz CT molecular complexity index is 778. The van der Waals surface area contributed by atoms with E-state index >= 15 is 0 Å². The molecule has 2 aromatic rings. The van der Waals surface area contributed by atoms with Gasteiger partial charge >= 0.3 is 0 Å². The van der Waals surface area contributed by atoms with Gasteiger partial charge in [-0.3, -0.25) is 0 Å². The van der Waals surface area contributed by atoms with Gasteiger partial charge in [0.25, 0.3) is 0 Å². The van der Waals surface area contributed by atoms with Gasteiger partial charge in [-0.1, -0.05) is 104 Å². The zero-order chi connectivity index (χ0) is 24.6. The summed E-state index contributed by atoms with van der Waals surface area (Å²) in [5.74, 6) is 3.62. The topological polar surface area (TPSA) is 35.0 Å². The van der Waals surface area contributed by atoms with Gasteiger partial charge in [0.05, 0.1) is 6.61 Å². The minimum absolute atomic E-state index is 0.804. The van der Waals surface area contributed by atoms with Crippen LogP contribution in [0, 0.1) is 11.8 Å². The predicted molar refractivity (Wildman–Crippen MR) is 149 cm³/mol. The molecule has 0 saturated heterocycles. The van der Waals surface area contributed by atoms with Crippen LogP contribution in [-0.4, -0.2) is 16.6 Å². The Morgan fingerprint density at radius 1 is 0.714 bits per heavy atom. The normalized spacial score (nSPS) is 18.0. The van der Waals surface area contributed by atoms with Crippen molar-refractivity contribution in [2.75, 3.05) is 6.61 Å². The summed E-state index contributed by atoms with van der Waals surface area (Å²) in [6, 6.07) is 8.26. The van der Waals surface area contributed by atoms with Crippen LogP contribution >= 0.6 is 0 Å². The predicted octanol–water partition coefficient (Wildman–Crippen LogP) is 9.59. The van der Waals surface area contributed by atoms with E-state index in [-0.39, 0.29) is 0 Å². The maximum atomic E-state index is 5.95. The Hall–Kier alpha value is -1.90. The molecule has 1 aliphatic rings. The first-order valence-corrected chi connectivity index (χ1v) is 14.8. The molecule has 0 bridgehead atoms. The number of aromatic nitrogens is 2. The second-order valence-corrected chi connectivity index (χ2v) is 10.8. The number of ether oxygens (including phenoxy) is 1. The van der Waals surface area contributed by atoms with E-state index in [9.17, 15) is 0 Å². The van der Waals surface area contributed by atoms with E-state index in [4.69, 9.17) is 4.74 Å². The maximum absolute atomic E-state index is 5.95. The fourth-order valence-electron chi connectivity index (χ4n) is 5.41. The molecular formula is C32H50N2O. The highest BCUT2D eigenvalue weighted by Crippen LogP contribution is 2.33. The van der Waals surface area contributed by atoms with Gasteiger partial charge in [0.15, 0.2) is 5.82 Å². The van der Waals surface area contributed by atoms with Crippen molar-refractivity contribution in [2.24, 2.45) is 11.8 Å². The first-order valence-electron chi connectivity index (χ1n) is 14.8. The molecule has 194 valence electrons. The van der Waals surface area contributed by atoms with Gasteiger partial charge in [-0.25, -0.2) is 9.97 Å². The fourth-order valence-corrected chi connectivity index (χ4v) is 5.41. The van der Waals surface area contributed by atoms with E-state index in [1.807, 2.05) is 12.4 Å². The highest BCUT2D eigenvalue weighted by atomic mass is 16.5. The number of hydrogen-bond donors (Lipinski definition) is 0. The van der Waals surface area contributed by atoms with Crippen LogP contribution < -0.4 is 4.74 Å². The third-order valence-corrected chi connectivity index (χ3v) is 7.97. The number of unbranched alkanes of at least 4 members (excludes halogenated alkanes) is 9. The average Bonchev–Trinajstić information content (AvgIpc) is 2.91. The molecular weight excluding hydrogens is 428 g/mol. The summed E-state index contributed by atoms with van der Waals surface area (Å²) in [7, 11) is 0. The van der Waals surface area contributed by atoms with E-state index in [2.05, 4.69) is 48.1 Å². The summed E-state index contributed by atoms with van der Waals surface area (Å²) in [5, 5.41) is 0. The standard InChI is InChI=1S/C32H50N2O/c1-3-5-6-7-8-9-10-11-12-13-24-35-31-22-20-30(21-23-31)32-33-25-29(26-34-32)19-18-28-16-14-27(4-2)15-17-28/h20-23,25-28H,3-19,24H2,1-2H3/t27-,28-. The smallest absolute Gasteiger partial charge is 0.159 e. The molecule has 3 nitrogen and oxygen atoms in total. The second kappa shape index (κ2) is 16.7. The van der Waals surface area contributed by atoms with Crippen LogP contribution in [0.25, 0.3) is 11.4 Å². The Kier molecular flexibility index (Phi) is 13.2. The molecule has 1 aromatic carbocycles. The van der Waals surface area contributed by atoms with Crippen molar-refractivity contribution in [3.05, 3.63) is 42.2 Å². The van der Waals surface area contributed by atoms with Crippen LogP contribution in [-0.2, 0) is 6.42 Å². The Labute approximate surface area is 215 Å². The lowest BCUT2D eigenvalue weighted by molar-refractivity contribution is 0.258. The number of aryl methyl sites for hydroxylation is 1. The van der Waals surface area contributed by atoms with Gasteiger partial charge in [-0.15, -0.1) is 0 Å². The molecule has 1 aromatic heterocycles. The summed E-state index contributed by atoms with van der Waals surface area (Å²) in [6.07, 6.45) is 27.0. The first kappa shape index (κ1) is 27.7. The summed E-state index contributed by atoms with van der Waals surface area (Å²) in [5.41, 5.74) is 2.32. The van der Waals surface area contributed by atoms with Gasteiger partial charge in [0.1, 0.15) is 5.75 Å². The van der Waals surface area contributed by atoms with Gasteiger partial charge in [0, 0.05) is 18.0 Å². The summed E-state index contributed by atoms with van der Waals surface area (Å²) in [6.45, 7) is 5.42. The zero-order valence-corrected chi connectivity index (χ0v) is 22.6. The van der Waals surface area contributed by atoms with Crippen LogP contribution in [0.4, 0.5) is 0 Å². The van der Waals surface area contributed by atoms with Crippen LogP contribution in [0.2, 0.25) is 0 Å². The van der Waals surface area contributed by atoms with Gasteiger partial charge in [0.2, 0.25) is 0 Å². The monoisotopic (exact) mass is 478 g/mol. The number of hydrogen-bond acceptors (Lipinski definition) is 3. The van der Waals surface area contributed by atoms with Crippen LogP contribution in [0.5, 0.6) is 5.75 Å². The molecule has 1 saturated carbocycles. The molecule has 3 rings (SSSR count). The molecule has 0 radical (unpaired) electrons. The third-order valence-electron chi connectivity index (χ3n) is 7.97. The van der Waals surface area contributed by atoms with Gasteiger partial charge < -0.3 is 4.74 Å². The molecule has 35 heavy (non-hydrogen) atoms. The molecule has 0 atom stereocenters. The molecule has 0 amide bonds. The van der Waals surface area contributed by atoms with E-state index in [1.54, 1.807) is 0 Å². The highest BCUT2D eigenvalue weighted by molar-refractivity contribution is 5.55. The molecule has 3 heteroatoms. The van der Waals surface area contributed by atoms with E-state index < -0.39 is 0 Å². The fraction of sp³-hybridized carbons (Fsp3) is 0.688. The second-order valence-electron chi connectivity index (χ2n) is 10.8. The van der Waals surface area contributed by atoms with Crippen molar-refractivity contribution in [1.82, 2.24) is 9.97 Å². The van der Waals surface area contributed by atoms with E-state index in [0.29, 0.717) is 0 Å². The van der Waals surface area contributed by atoms with Crippen molar-refractivity contribution in [3.63, 3.8) is 0 Å². The lowest BCUT2D eigenvalue weighted by atomic mass is 9.79. The molecule has 0 N–H and O–H groups in total. The van der Waals surface area contributed by atoms with Crippen LogP contribution in [0.3, 0.4) is 0 Å². The van der Waals surface area contributed by atoms with Crippen molar-refractivity contribution in [1.29, 1.82) is 0 Å². The number of nitrogens with zero attached hydrogens (tertiary/aromatic N) is 2. The number of benzene rings is 1. The lowest BCUT2D eigenvalue weighted by Gasteiger charge is -2.27. The quantitative estimate of drug-likeness (QED) is 0.212. The summed E-state index contributed by atoms with van der Waals surface area (Å²) < 4.78 is 5.95. The van der Waals surface area contributed by atoms with Gasteiger partial charge in [-0.2, -0.15) is 0 Å². The third kappa shape index (κ3) is 10.7. The molecule has 0 aliphatic heterocycles. The van der Waals surface area contributed by atoms with Crippen LogP contribution in [0.1, 0.15) is 122 Å². The Morgan fingerprint density at radius 2 is 1.29 bits per heavy atom. The Morgan fingerprint density at radius 3 is 1.89 bits per heavy atom. The van der Waals surface area contributed by atoms with Crippen LogP contribution in [0.15, 0.2) is 36.7 Å². The minimum atomic E-state index is 0.804. The summed E-state index contributed by atoms with van der Waals surface area (Å²) in [4.78, 5) is 9.29. The SMILES string of the molecule is CCCCCCCCCCCCOc1ccc(-c2ncc(CC[C@H]3CC[C@H](CC)CC3)cn2)cc1. The molecule has 0 spiro atoms. The van der Waals surface area contributed by atoms with Crippen molar-refractivity contribution < 1.29 is 4.74 Å². The van der Waals surface area contributed by atoms with Crippen molar-refractivity contribution in [2.45, 2.75) is 123 Å². The minimum Gasteiger partial charge on any atom is -0.494 e. The van der Waals surface area contributed by atoms with Crippen molar-refractivity contribution in [3.8, 4) is 17.1 Å². The van der Waals surface area contributed by atoms with Crippen molar-refractivity contribution >= 4 is 0 Å². The highest BCUT2D eigenvalue weighted by Gasteiger charge is 2.19. The van der Waals surface area contributed by atoms with Gasteiger partial charge in [-0.05, 0) is 60.9 Å². The molecule has 1 fully saturated rings. The molecule has 1 heterocycles. The molecule has 0 unspecified atom stereocenters. The average molecular weight is 479 g/mol. The van der Waals surface area contributed by atoms with E-state index in [0.717, 1.165) is 48.4 Å². The first-order chi connectivity index (χ1) is 17.3. The largest absolute Gasteiger partial charge is 0.494 e. The zero-order valence-electron chi connectivity index (χ0n) is 22.6. The maximum Gasteiger partial charge on any atom is 0.159 e. The van der Waals surface area contributed by atoms with E-state index in [1.165, 1.54) is 102 Å².